The van der Waals surface area contributed by atoms with Crippen LogP contribution in [0.5, 0.6) is 0 Å². The Morgan fingerprint density at radius 2 is 2.19 bits per heavy atom. The summed E-state index contributed by atoms with van der Waals surface area (Å²) in [5.74, 6) is 0.841. The van der Waals surface area contributed by atoms with Crippen molar-refractivity contribution in [1.82, 2.24) is 30.0 Å². The summed E-state index contributed by atoms with van der Waals surface area (Å²) < 4.78 is 1.77. The van der Waals surface area contributed by atoms with Crippen LogP contribution in [0.2, 0.25) is 0 Å². The van der Waals surface area contributed by atoms with E-state index in [0.29, 0.717) is 25.6 Å². The lowest BCUT2D eigenvalue weighted by molar-refractivity contribution is 0.192. The van der Waals surface area contributed by atoms with Gasteiger partial charge in [-0.1, -0.05) is 0 Å². The predicted molar refractivity (Wildman–Crippen MR) is 97.7 cm³/mol. The Bertz CT molecular complexity index is 810. The molecule has 0 unspecified atom stereocenters. The number of hydrogen-bond donors (Lipinski definition) is 1. The Balaban J connectivity index is 1.33. The number of aromatic nitrogens is 4. The van der Waals surface area contributed by atoms with Crippen LogP contribution in [0, 0.1) is 6.92 Å². The summed E-state index contributed by atoms with van der Waals surface area (Å²) in [5, 5.41) is 7.24. The number of hydrogen-bond acceptors (Lipinski definition) is 4. The summed E-state index contributed by atoms with van der Waals surface area (Å²) >= 11 is 0. The molecule has 2 aromatic rings. The van der Waals surface area contributed by atoms with E-state index in [1.54, 1.807) is 4.68 Å². The van der Waals surface area contributed by atoms with Crippen molar-refractivity contribution in [3.8, 4) is 0 Å². The third-order valence-corrected chi connectivity index (χ3v) is 5.17. The lowest BCUT2D eigenvalue weighted by atomic mass is 10.2. The van der Waals surface area contributed by atoms with Crippen LogP contribution < -0.4 is 5.32 Å². The molecule has 0 atom stereocenters. The molecule has 2 aromatic heterocycles. The van der Waals surface area contributed by atoms with Crippen LogP contribution in [0.25, 0.3) is 0 Å². The van der Waals surface area contributed by atoms with E-state index in [9.17, 15) is 4.79 Å². The first-order valence-corrected chi connectivity index (χ1v) is 9.47. The fourth-order valence-electron chi connectivity index (χ4n) is 3.68. The van der Waals surface area contributed by atoms with Crippen LogP contribution in [0.1, 0.15) is 47.6 Å². The molecule has 0 saturated heterocycles. The lowest BCUT2D eigenvalue weighted by Crippen LogP contribution is -2.41. The molecule has 2 amide bonds. The largest absolute Gasteiger partial charge is 0.338 e. The zero-order valence-electron chi connectivity index (χ0n) is 15.5. The topological polar surface area (TPSA) is 75.9 Å². The second kappa shape index (κ2) is 7.05. The number of carbonyl (C=O) groups excluding carboxylic acids is 1. The van der Waals surface area contributed by atoms with Crippen molar-refractivity contribution >= 4 is 6.03 Å². The summed E-state index contributed by atoms with van der Waals surface area (Å²) in [6.07, 6.45) is 9.96. The monoisotopic (exact) mass is 354 g/mol. The van der Waals surface area contributed by atoms with Gasteiger partial charge in [0.25, 0.3) is 0 Å². The first-order valence-electron chi connectivity index (χ1n) is 9.47. The molecule has 4 rings (SSSR count). The van der Waals surface area contributed by atoms with Crippen LogP contribution in [-0.4, -0.2) is 43.3 Å². The van der Waals surface area contributed by atoms with Gasteiger partial charge in [-0.3, -0.25) is 4.68 Å². The number of fused-ring (bicyclic) bond motifs is 1. The lowest BCUT2D eigenvalue weighted by Gasteiger charge is -2.22. The molecule has 7 heteroatoms. The van der Waals surface area contributed by atoms with E-state index < -0.39 is 0 Å². The minimum atomic E-state index is -0.00534. The summed E-state index contributed by atoms with van der Waals surface area (Å²) in [6, 6.07) is 0.350. The van der Waals surface area contributed by atoms with Crippen LogP contribution in [-0.2, 0) is 32.9 Å². The van der Waals surface area contributed by atoms with Crippen LogP contribution in [0.3, 0.4) is 0 Å². The SMILES string of the molecule is Cc1nc(CCNC(=O)N(Cc2cnn(C)c2)C2CC2)nc2c1CCC2. The average molecular weight is 354 g/mol. The number of nitrogens with zero attached hydrogens (tertiary/aromatic N) is 5. The van der Waals surface area contributed by atoms with E-state index in [4.69, 9.17) is 0 Å². The highest BCUT2D eigenvalue weighted by molar-refractivity contribution is 5.74. The second-order valence-corrected chi connectivity index (χ2v) is 7.37. The number of rotatable bonds is 6. The van der Waals surface area contributed by atoms with Crippen LogP contribution >= 0.6 is 0 Å². The van der Waals surface area contributed by atoms with Gasteiger partial charge in [-0.2, -0.15) is 5.10 Å². The van der Waals surface area contributed by atoms with E-state index in [-0.39, 0.29) is 6.03 Å². The van der Waals surface area contributed by atoms with E-state index >= 15 is 0 Å². The fourth-order valence-corrected chi connectivity index (χ4v) is 3.68. The molecule has 0 aromatic carbocycles. The summed E-state index contributed by atoms with van der Waals surface area (Å²) in [6.45, 7) is 3.24. The zero-order valence-corrected chi connectivity index (χ0v) is 15.5. The Kier molecular flexibility index (Phi) is 4.61. The molecule has 2 aliphatic rings. The van der Waals surface area contributed by atoms with E-state index in [1.165, 1.54) is 17.7 Å². The van der Waals surface area contributed by atoms with Crippen molar-refractivity contribution in [3.05, 3.63) is 40.7 Å². The van der Waals surface area contributed by atoms with Gasteiger partial charge in [0, 0.05) is 49.2 Å². The normalized spacial score (nSPS) is 15.8. The fraction of sp³-hybridized carbons (Fsp3) is 0.579. The van der Waals surface area contributed by atoms with Crippen molar-refractivity contribution < 1.29 is 4.79 Å². The van der Waals surface area contributed by atoms with Gasteiger partial charge in [0.1, 0.15) is 5.82 Å². The molecule has 0 bridgehead atoms. The first-order chi connectivity index (χ1) is 12.6. The quantitative estimate of drug-likeness (QED) is 0.860. The molecule has 2 heterocycles. The maximum Gasteiger partial charge on any atom is 0.317 e. The van der Waals surface area contributed by atoms with Gasteiger partial charge in [-0.25, -0.2) is 14.8 Å². The van der Waals surface area contributed by atoms with Gasteiger partial charge in [-0.05, 0) is 44.6 Å². The van der Waals surface area contributed by atoms with Gasteiger partial charge in [0.2, 0.25) is 0 Å². The summed E-state index contributed by atoms with van der Waals surface area (Å²) in [7, 11) is 1.89. The van der Waals surface area contributed by atoms with Crippen LogP contribution in [0.15, 0.2) is 12.4 Å². The van der Waals surface area contributed by atoms with Crippen molar-refractivity contribution in [2.75, 3.05) is 6.54 Å². The van der Waals surface area contributed by atoms with Gasteiger partial charge >= 0.3 is 6.03 Å². The molecular formula is C19H26N6O. The van der Waals surface area contributed by atoms with E-state index in [1.807, 2.05) is 24.3 Å². The Morgan fingerprint density at radius 3 is 2.92 bits per heavy atom. The molecule has 2 aliphatic carbocycles. The minimum Gasteiger partial charge on any atom is -0.338 e. The standard InChI is InChI=1S/C19H26N6O/c1-13-16-4-3-5-17(16)23-18(22-13)8-9-20-19(26)25(15-6-7-15)12-14-10-21-24(2)11-14/h10-11,15H,3-9,12H2,1-2H3,(H,20,26). The molecule has 1 N–H and O–H groups in total. The van der Waals surface area contributed by atoms with Crippen molar-refractivity contribution in [1.29, 1.82) is 0 Å². The number of carbonyl (C=O) groups is 1. The van der Waals surface area contributed by atoms with Crippen molar-refractivity contribution in [2.24, 2.45) is 7.05 Å². The zero-order chi connectivity index (χ0) is 18.1. The smallest absolute Gasteiger partial charge is 0.317 e. The molecule has 138 valence electrons. The number of aryl methyl sites for hydroxylation is 3. The molecule has 26 heavy (non-hydrogen) atoms. The third kappa shape index (κ3) is 3.71. The highest BCUT2D eigenvalue weighted by Crippen LogP contribution is 2.28. The highest BCUT2D eigenvalue weighted by Gasteiger charge is 2.32. The molecule has 0 radical (unpaired) electrons. The maximum absolute atomic E-state index is 12.6. The number of nitrogens with one attached hydrogen (secondary N) is 1. The highest BCUT2D eigenvalue weighted by atomic mass is 16.2. The molecule has 0 aliphatic heterocycles. The number of urea groups is 1. The van der Waals surface area contributed by atoms with E-state index in [2.05, 4.69) is 27.3 Å². The van der Waals surface area contributed by atoms with E-state index in [0.717, 1.165) is 42.8 Å². The molecular weight excluding hydrogens is 328 g/mol. The molecule has 0 spiro atoms. The van der Waals surface area contributed by atoms with Crippen molar-refractivity contribution in [3.63, 3.8) is 0 Å². The van der Waals surface area contributed by atoms with Gasteiger partial charge in [0.15, 0.2) is 0 Å². The Morgan fingerprint density at radius 1 is 1.35 bits per heavy atom. The average Bonchev–Trinajstić information content (AvgIpc) is 3.18. The van der Waals surface area contributed by atoms with Gasteiger partial charge in [-0.15, -0.1) is 0 Å². The number of amides is 2. The summed E-state index contributed by atoms with van der Waals surface area (Å²) in [5.41, 5.74) is 4.70. The van der Waals surface area contributed by atoms with Crippen molar-refractivity contribution in [2.45, 2.75) is 58.0 Å². The molecule has 7 nitrogen and oxygen atoms in total. The Labute approximate surface area is 153 Å². The van der Waals surface area contributed by atoms with Crippen LogP contribution in [0.4, 0.5) is 4.79 Å². The summed E-state index contributed by atoms with van der Waals surface area (Å²) in [4.78, 5) is 23.9. The third-order valence-electron chi connectivity index (χ3n) is 5.17. The second-order valence-electron chi connectivity index (χ2n) is 7.37. The minimum absolute atomic E-state index is 0.00534. The predicted octanol–water partition coefficient (Wildman–Crippen LogP) is 1.92. The molecule has 1 saturated carbocycles. The first kappa shape index (κ1) is 17.0. The van der Waals surface area contributed by atoms with Gasteiger partial charge < -0.3 is 10.2 Å². The Hall–Kier alpha value is -2.44. The van der Waals surface area contributed by atoms with Gasteiger partial charge in [0.05, 0.1) is 12.7 Å². The molecule has 1 fully saturated rings. The maximum atomic E-state index is 12.6.